The summed E-state index contributed by atoms with van der Waals surface area (Å²) < 4.78 is 22.8. The van der Waals surface area contributed by atoms with Crippen LogP contribution in [0.4, 0.5) is 10.6 Å². The molecular weight excluding hydrogens is 256 g/mol. The molecule has 0 bridgehead atoms. The van der Waals surface area contributed by atoms with E-state index >= 15 is 0 Å². The number of amides is 2. The smallest absolute Gasteiger partial charge is 0.333 e. The summed E-state index contributed by atoms with van der Waals surface area (Å²) in [5.74, 6) is 0.265. The highest BCUT2D eigenvalue weighted by atomic mass is 32.2. The molecule has 0 fully saturated rings. The number of hydrogen-bond donors (Lipinski definition) is 3. The maximum Gasteiger partial charge on any atom is 0.333 e. The number of sulfone groups is 1. The van der Waals surface area contributed by atoms with Gasteiger partial charge in [-0.1, -0.05) is 0 Å². The molecule has 1 heterocycles. The summed E-state index contributed by atoms with van der Waals surface area (Å²) in [6, 6.07) is 2.41. The van der Waals surface area contributed by atoms with Gasteiger partial charge in [-0.3, -0.25) is 10.9 Å². The lowest BCUT2D eigenvalue weighted by molar-refractivity contribution is 0.243. The molecule has 7 nitrogen and oxygen atoms in total. The van der Waals surface area contributed by atoms with Crippen molar-refractivity contribution in [2.45, 2.75) is 18.7 Å². The Morgan fingerprint density at radius 2 is 2.06 bits per heavy atom. The predicted octanol–water partition coefficient (Wildman–Crippen LogP) is 0.440. The van der Waals surface area contributed by atoms with Gasteiger partial charge >= 0.3 is 6.03 Å². The Morgan fingerprint density at radius 3 is 2.61 bits per heavy atom. The number of carbonyl (C=O) groups is 1. The number of hydrogen-bond acceptors (Lipinski definition) is 5. The first-order valence-corrected chi connectivity index (χ1v) is 7.20. The number of aromatic nitrogens is 1. The van der Waals surface area contributed by atoms with E-state index in [-0.39, 0.29) is 10.7 Å². The highest BCUT2D eigenvalue weighted by molar-refractivity contribution is 7.90. The molecule has 8 heteroatoms. The number of carbonyl (C=O) groups excluding carboxylic acids is 1. The van der Waals surface area contributed by atoms with Crippen LogP contribution >= 0.6 is 0 Å². The van der Waals surface area contributed by atoms with Crippen molar-refractivity contribution in [1.82, 2.24) is 15.7 Å². The zero-order valence-electron chi connectivity index (χ0n) is 10.4. The fraction of sp³-hybridized carbons (Fsp3) is 0.400. The van der Waals surface area contributed by atoms with Gasteiger partial charge in [0.25, 0.3) is 0 Å². The van der Waals surface area contributed by atoms with E-state index in [4.69, 9.17) is 0 Å². The van der Waals surface area contributed by atoms with Gasteiger partial charge in [0.2, 0.25) is 0 Å². The Hall–Kier alpha value is -1.83. The summed E-state index contributed by atoms with van der Waals surface area (Å²) in [5.41, 5.74) is 5.43. The van der Waals surface area contributed by atoms with E-state index in [1.165, 1.54) is 12.1 Å². The van der Waals surface area contributed by atoms with Gasteiger partial charge in [0.1, 0.15) is 5.82 Å². The molecule has 0 unspecified atom stereocenters. The molecule has 1 rings (SSSR count). The monoisotopic (exact) mass is 272 g/mol. The normalized spacial score (nSPS) is 10.8. The van der Waals surface area contributed by atoms with Crippen LogP contribution < -0.4 is 16.2 Å². The van der Waals surface area contributed by atoms with Crippen LogP contribution in [0.25, 0.3) is 0 Å². The van der Waals surface area contributed by atoms with Gasteiger partial charge in [0, 0.05) is 24.6 Å². The van der Waals surface area contributed by atoms with Gasteiger partial charge < -0.3 is 5.32 Å². The predicted molar refractivity (Wildman–Crippen MR) is 67.9 cm³/mol. The number of hydrazine groups is 1. The number of nitrogens with one attached hydrogen (secondary N) is 3. The molecule has 1 aromatic heterocycles. The Bertz CT molecular complexity index is 542. The van der Waals surface area contributed by atoms with Gasteiger partial charge in [-0.25, -0.2) is 18.2 Å². The van der Waals surface area contributed by atoms with Gasteiger partial charge in [0.05, 0.1) is 4.90 Å². The summed E-state index contributed by atoms with van der Waals surface area (Å²) in [6.45, 7) is 3.95. The second-order valence-corrected chi connectivity index (χ2v) is 5.73. The van der Waals surface area contributed by atoms with Gasteiger partial charge in [0.15, 0.2) is 9.84 Å². The van der Waals surface area contributed by atoms with Crippen molar-refractivity contribution in [3.05, 3.63) is 17.8 Å². The van der Waals surface area contributed by atoms with Gasteiger partial charge in [-0.15, -0.1) is 0 Å². The standard InChI is InChI=1S/C10H16N4O3S/c1-4-11-10(15)14-13-9-6-8(18(3,16)17)5-7(2)12-9/h5-6H,4H2,1-3H3,(H,12,13)(H2,11,14,15). The molecule has 0 radical (unpaired) electrons. The largest absolute Gasteiger partial charge is 0.337 e. The van der Waals surface area contributed by atoms with E-state index in [1.807, 2.05) is 0 Å². The SMILES string of the molecule is CCNC(=O)NNc1cc(S(C)(=O)=O)cc(C)n1. The first-order valence-electron chi connectivity index (χ1n) is 5.31. The summed E-state index contributed by atoms with van der Waals surface area (Å²) in [6.07, 6.45) is 1.11. The third kappa shape index (κ3) is 4.21. The molecule has 1 aromatic rings. The molecule has 0 aliphatic carbocycles. The van der Waals surface area contributed by atoms with Crippen molar-refractivity contribution in [1.29, 1.82) is 0 Å². The fourth-order valence-electron chi connectivity index (χ4n) is 1.24. The van der Waals surface area contributed by atoms with Crippen LogP contribution in [0.1, 0.15) is 12.6 Å². The summed E-state index contributed by atoms with van der Waals surface area (Å²) >= 11 is 0. The number of urea groups is 1. The number of anilines is 1. The lowest BCUT2D eigenvalue weighted by atomic mass is 10.4. The highest BCUT2D eigenvalue weighted by Gasteiger charge is 2.10. The van der Waals surface area contributed by atoms with Crippen LogP contribution in [0, 0.1) is 6.92 Å². The summed E-state index contributed by atoms with van der Waals surface area (Å²) in [7, 11) is -3.30. The summed E-state index contributed by atoms with van der Waals surface area (Å²) in [4.78, 5) is 15.4. The molecule has 0 aliphatic rings. The highest BCUT2D eigenvalue weighted by Crippen LogP contribution is 2.14. The Morgan fingerprint density at radius 1 is 1.39 bits per heavy atom. The molecule has 0 aromatic carbocycles. The van der Waals surface area contributed by atoms with E-state index in [9.17, 15) is 13.2 Å². The molecule has 0 atom stereocenters. The molecule has 0 spiro atoms. The molecule has 0 aliphatic heterocycles. The molecule has 3 N–H and O–H groups in total. The molecule has 100 valence electrons. The van der Waals surface area contributed by atoms with E-state index in [0.29, 0.717) is 12.2 Å². The van der Waals surface area contributed by atoms with E-state index in [0.717, 1.165) is 6.26 Å². The third-order valence-electron chi connectivity index (χ3n) is 2.00. The van der Waals surface area contributed by atoms with Crippen LogP contribution in [-0.2, 0) is 9.84 Å². The zero-order valence-corrected chi connectivity index (χ0v) is 11.3. The minimum atomic E-state index is -3.30. The molecule has 0 saturated heterocycles. The van der Waals surface area contributed by atoms with E-state index in [2.05, 4.69) is 21.2 Å². The molecule has 18 heavy (non-hydrogen) atoms. The molecule has 2 amide bonds. The van der Waals surface area contributed by atoms with Crippen molar-refractivity contribution in [3.8, 4) is 0 Å². The second kappa shape index (κ2) is 5.67. The Labute approximate surface area is 106 Å². The quantitative estimate of drug-likeness (QED) is 0.691. The third-order valence-corrected chi connectivity index (χ3v) is 3.09. The maximum absolute atomic E-state index is 11.4. The van der Waals surface area contributed by atoms with Crippen LogP contribution in [0.2, 0.25) is 0 Å². The van der Waals surface area contributed by atoms with Crippen LogP contribution in [-0.4, -0.2) is 32.2 Å². The van der Waals surface area contributed by atoms with Crippen molar-refractivity contribution in [2.75, 3.05) is 18.2 Å². The van der Waals surface area contributed by atoms with Crippen molar-refractivity contribution >= 4 is 21.7 Å². The van der Waals surface area contributed by atoms with Gasteiger partial charge in [-0.05, 0) is 19.9 Å². The minimum absolute atomic E-state index is 0.148. The lowest BCUT2D eigenvalue weighted by Gasteiger charge is -2.10. The fourth-order valence-corrected chi connectivity index (χ4v) is 1.95. The average Bonchev–Trinajstić information content (AvgIpc) is 2.25. The van der Waals surface area contributed by atoms with Crippen molar-refractivity contribution in [2.24, 2.45) is 0 Å². The van der Waals surface area contributed by atoms with Crippen molar-refractivity contribution < 1.29 is 13.2 Å². The Kier molecular flexibility index (Phi) is 4.49. The average molecular weight is 272 g/mol. The minimum Gasteiger partial charge on any atom is -0.337 e. The molecule has 0 saturated carbocycles. The zero-order chi connectivity index (χ0) is 13.8. The van der Waals surface area contributed by atoms with E-state index in [1.54, 1.807) is 13.8 Å². The van der Waals surface area contributed by atoms with Gasteiger partial charge in [-0.2, -0.15) is 0 Å². The van der Waals surface area contributed by atoms with Crippen LogP contribution in [0.5, 0.6) is 0 Å². The first kappa shape index (κ1) is 14.2. The molecular formula is C10H16N4O3S. The van der Waals surface area contributed by atoms with Crippen molar-refractivity contribution in [3.63, 3.8) is 0 Å². The van der Waals surface area contributed by atoms with E-state index < -0.39 is 15.9 Å². The maximum atomic E-state index is 11.4. The topological polar surface area (TPSA) is 100 Å². The summed E-state index contributed by atoms with van der Waals surface area (Å²) in [5, 5.41) is 2.52. The first-order chi connectivity index (χ1) is 8.32. The lowest BCUT2D eigenvalue weighted by Crippen LogP contribution is -2.39. The second-order valence-electron chi connectivity index (χ2n) is 3.71. The van der Waals surface area contributed by atoms with Crippen LogP contribution in [0.15, 0.2) is 17.0 Å². The number of nitrogens with zero attached hydrogens (tertiary/aromatic N) is 1. The van der Waals surface area contributed by atoms with Crippen LogP contribution in [0.3, 0.4) is 0 Å². The number of rotatable bonds is 4. The number of aryl methyl sites for hydroxylation is 1. The number of pyridine rings is 1. The Balaban J connectivity index is 2.84.